The lowest BCUT2D eigenvalue weighted by atomic mass is 10.2. The van der Waals surface area contributed by atoms with E-state index >= 15 is 0 Å². The van der Waals surface area contributed by atoms with Gasteiger partial charge in [-0.15, -0.1) is 0 Å². The van der Waals surface area contributed by atoms with E-state index in [-0.39, 0.29) is 12.2 Å². The number of nitrogens with zero attached hydrogens (tertiary/aromatic N) is 2. The lowest BCUT2D eigenvalue weighted by Gasteiger charge is -2.16. The number of ether oxygens (including phenoxy) is 3. The highest BCUT2D eigenvalue weighted by Gasteiger charge is 2.08. The fraction of sp³-hybridized carbons (Fsp3) is 0.444. The van der Waals surface area contributed by atoms with Gasteiger partial charge in [-0.25, -0.2) is 0 Å². The van der Waals surface area contributed by atoms with Gasteiger partial charge in [0, 0.05) is 6.61 Å². The topological polar surface area (TPSA) is 53.5 Å². The standard InChI is InChI=1S/C18H23ClN2O3/c1-14(23-13-16-6-4-3-5-7-16)8-9-22-12-15(2)24-18-11-20-10-17(19)21-18/h3-7,10-11,14-15H,8-9,12-13H2,1-2H3/t14-,15+/m1/s1. The number of hydrogen-bond donors (Lipinski definition) is 0. The van der Waals surface area contributed by atoms with Crippen molar-refractivity contribution in [1.82, 2.24) is 9.97 Å². The van der Waals surface area contributed by atoms with Gasteiger partial charge in [0.2, 0.25) is 5.88 Å². The van der Waals surface area contributed by atoms with Gasteiger partial charge in [-0.05, 0) is 25.8 Å². The number of rotatable bonds is 10. The summed E-state index contributed by atoms with van der Waals surface area (Å²) in [5.74, 6) is 0.401. The molecule has 0 unspecified atom stereocenters. The van der Waals surface area contributed by atoms with Crippen LogP contribution in [0.5, 0.6) is 5.88 Å². The molecule has 1 aromatic heterocycles. The monoisotopic (exact) mass is 350 g/mol. The van der Waals surface area contributed by atoms with Crippen LogP contribution in [0.1, 0.15) is 25.8 Å². The molecule has 2 rings (SSSR count). The molecule has 0 fully saturated rings. The smallest absolute Gasteiger partial charge is 0.234 e. The lowest BCUT2D eigenvalue weighted by molar-refractivity contribution is 0.00675. The van der Waals surface area contributed by atoms with E-state index in [1.807, 2.05) is 32.0 Å². The molecule has 2 atom stereocenters. The predicted molar refractivity (Wildman–Crippen MR) is 93.3 cm³/mol. The molecule has 5 nitrogen and oxygen atoms in total. The van der Waals surface area contributed by atoms with Gasteiger partial charge in [-0.3, -0.25) is 4.98 Å². The largest absolute Gasteiger partial charge is 0.471 e. The molecule has 0 aliphatic carbocycles. The zero-order valence-corrected chi connectivity index (χ0v) is 14.8. The van der Waals surface area contributed by atoms with Gasteiger partial charge in [0.15, 0.2) is 5.15 Å². The molecule has 0 bridgehead atoms. The molecule has 1 heterocycles. The van der Waals surface area contributed by atoms with Gasteiger partial charge in [-0.1, -0.05) is 41.9 Å². The summed E-state index contributed by atoms with van der Waals surface area (Å²) in [6.45, 7) is 5.67. The Kier molecular flexibility index (Phi) is 7.95. The SMILES string of the molecule is C[C@H](CCOC[C@H](C)Oc1cncc(Cl)n1)OCc1ccccc1. The quantitative estimate of drug-likeness (QED) is 0.608. The maximum absolute atomic E-state index is 5.80. The second kappa shape index (κ2) is 10.2. The fourth-order valence-corrected chi connectivity index (χ4v) is 2.16. The average molecular weight is 351 g/mol. The van der Waals surface area contributed by atoms with Crippen LogP contribution in [0.2, 0.25) is 5.15 Å². The Labute approximate surface area is 147 Å². The van der Waals surface area contributed by atoms with Gasteiger partial charge < -0.3 is 14.2 Å². The van der Waals surface area contributed by atoms with Crippen molar-refractivity contribution >= 4 is 11.6 Å². The first-order valence-corrected chi connectivity index (χ1v) is 8.38. The molecule has 2 aromatic rings. The van der Waals surface area contributed by atoms with E-state index in [1.165, 1.54) is 18.0 Å². The van der Waals surface area contributed by atoms with E-state index in [0.717, 1.165) is 6.42 Å². The summed E-state index contributed by atoms with van der Waals surface area (Å²) < 4.78 is 17.0. The third-order valence-corrected chi connectivity index (χ3v) is 3.49. The van der Waals surface area contributed by atoms with Crippen molar-refractivity contribution < 1.29 is 14.2 Å². The van der Waals surface area contributed by atoms with Crippen molar-refractivity contribution in [3.05, 3.63) is 53.4 Å². The maximum Gasteiger partial charge on any atom is 0.234 e. The minimum absolute atomic E-state index is 0.127. The van der Waals surface area contributed by atoms with Crippen LogP contribution < -0.4 is 4.74 Å². The number of halogens is 1. The van der Waals surface area contributed by atoms with Crippen LogP contribution in [0.3, 0.4) is 0 Å². The number of aromatic nitrogens is 2. The van der Waals surface area contributed by atoms with Crippen molar-refractivity contribution in [1.29, 1.82) is 0 Å². The molecule has 0 spiro atoms. The summed E-state index contributed by atoms with van der Waals surface area (Å²) in [5, 5.41) is 0.310. The van der Waals surface area contributed by atoms with Crippen LogP contribution in [-0.2, 0) is 16.1 Å². The minimum Gasteiger partial charge on any atom is -0.471 e. The second-order valence-corrected chi connectivity index (χ2v) is 5.97. The van der Waals surface area contributed by atoms with Crippen LogP contribution >= 0.6 is 11.6 Å². The van der Waals surface area contributed by atoms with Gasteiger partial charge in [-0.2, -0.15) is 4.98 Å². The lowest BCUT2D eigenvalue weighted by Crippen LogP contribution is -2.21. The molecule has 1 aromatic carbocycles. The Morgan fingerprint density at radius 3 is 2.62 bits per heavy atom. The molecule has 0 radical (unpaired) electrons. The first-order valence-electron chi connectivity index (χ1n) is 8.01. The second-order valence-electron chi connectivity index (χ2n) is 5.58. The van der Waals surface area contributed by atoms with E-state index in [4.69, 9.17) is 25.8 Å². The highest BCUT2D eigenvalue weighted by Crippen LogP contribution is 2.11. The van der Waals surface area contributed by atoms with Gasteiger partial charge in [0.1, 0.15) is 6.10 Å². The highest BCUT2D eigenvalue weighted by atomic mass is 35.5. The molecule has 0 amide bonds. The molecule has 0 saturated carbocycles. The first kappa shape index (κ1) is 18.6. The molecule has 0 N–H and O–H groups in total. The van der Waals surface area contributed by atoms with E-state index in [1.54, 1.807) is 0 Å². The third-order valence-electron chi connectivity index (χ3n) is 3.30. The van der Waals surface area contributed by atoms with Gasteiger partial charge in [0.05, 0.1) is 31.7 Å². The first-order chi connectivity index (χ1) is 11.6. The average Bonchev–Trinajstić information content (AvgIpc) is 2.58. The van der Waals surface area contributed by atoms with Crippen molar-refractivity contribution in [3.63, 3.8) is 0 Å². The van der Waals surface area contributed by atoms with E-state index < -0.39 is 0 Å². The Morgan fingerprint density at radius 1 is 1.08 bits per heavy atom. The zero-order valence-electron chi connectivity index (χ0n) is 14.0. The Bertz CT molecular complexity index is 598. The summed E-state index contributed by atoms with van der Waals surface area (Å²) in [6.07, 6.45) is 3.84. The molecule has 130 valence electrons. The number of benzene rings is 1. The molecule has 0 saturated heterocycles. The van der Waals surface area contributed by atoms with E-state index in [0.29, 0.717) is 30.9 Å². The Morgan fingerprint density at radius 2 is 1.88 bits per heavy atom. The predicted octanol–water partition coefficient (Wildman–Crippen LogP) is 3.91. The summed E-state index contributed by atoms with van der Waals surface area (Å²) in [7, 11) is 0. The van der Waals surface area contributed by atoms with Crippen LogP contribution in [0, 0.1) is 0 Å². The Hall–Kier alpha value is -1.69. The molecule has 6 heteroatoms. The van der Waals surface area contributed by atoms with E-state index in [9.17, 15) is 0 Å². The third kappa shape index (κ3) is 7.25. The van der Waals surface area contributed by atoms with Crippen molar-refractivity contribution in [2.24, 2.45) is 0 Å². The molecule has 0 aliphatic heterocycles. The molecular formula is C18H23ClN2O3. The number of hydrogen-bond acceptors (Lipinski definition) is 5. The van der Waals surface area contributed by atoms with Crippen LogP contribution in [0.15, 0.2) is 42.7 Å². The van der Waals surface area contributed by atoms with E-state index in [2.05, 4.69) is 22.1 Å². The van der Waals surface area contributed by atoms with Gasteiger partial charge >= 0.3 is 0 Å². The molecular weight excluding hydrogens is 328 g/mol. The highest BCUT2D eigenvalue weighted by molar-refractivity contribution is 6.29. The summed E-state index contributed by atoms with van der Waals surface area (Å²) in [4.78, 5) is 7.95. The van der Waals surface area contributed by atoms with Crippen LogP contribution in [-0.4, -0.2) is 35.4 Å². The molecule has 0 aliphatic rings. The normalized spacial score (nSPS) is 13.5. The van der Waals surface area contributed by atoms with Crippen molar-refractivity contribution in [2.45, 2.75) is 39.1 Å². The minimum atomic E-state index is -0.127. The fourth-order valence-electron chi connectivity index (χ4n) is 2.02. The van der Waals surface area contributed by atoms with Crippen LogP contribution in [0.4, 0.5) is 0 Å². The zero-order chi connectivity index (χ0) is 17.2. The van der Waals surface area contributed by atoms with Gasteiger partial charge in [0.25, 0.3) is 0 Å². The Balaban J connectivity index is 1.56. The summed E-state index contributed by atoms with van der Waals surface area (Å²) >= 11 is 5.77. The molecule has 24 heavy (non-hydrogen) atoms. The summed E-state index contributed by atoms with van der Waals surface area (Å²) in [5.41, 5.74) is 1.18. The van der Waals surface area contributed by atoms with Crippen molar-refractivity contribution in [3.8, 4) is 5.88 Å². The summed E-state index contributed by atoms with van der Waals surface area (Å²) in [6, 6.07) is 10.1. The van der Waals surface area contributed by atoms with Crippen molar-refractivity contribution in [2.75, 3.05) is 13.2 Å². The maximum atomic E-state index is 5.80. The van der Waals surface area contributed by atoms with Crippen LogP contribution in [0.25, 0.3) is 0 Å².